The van der Waals surface area contributed by atoms with E-state index in [-0.39, 0.29) is 6.10 Å². The van der Waals surface area contributed by atoms with Gasteiger partial charge in [0, 0.05) is 10.8 Å². The minimum absolute atomic E-state index is 0.261. The maximum absolute atomic E-state index is 5.60. The summed E-state index contributed by atoms with van der Waals surface area (Å²) < 4.78 is 10.7. The smallest absolute Gasteiger partial charge is 0.176 e. The van der Waals surface area contributed by atoms with E-state index < -0.39 is 0 Å². The van der Waals surface area contributed by atoms with Crippen LogP contribution in [0.2, 0.25) is 0 Å². The number of fused-ring (bicyclic) bond motifs is 1. The van der Waals surface area contributed by atoms with Crippen molar-refractivity contribution in [2.24, 2.45) is 5.10 Å². The standard InChI is InChI=1S/C18H16N4O2/c1-2-4-17-14(3-1)10-20-22-18(17)21-19-9-13-5-7-15(8-6-13)23-11-16-12-24-16/h1-10,16H,11-12H2,(H,21,22)/b19-9+. The average Bonchev–Trinajstić information content (AvgIpc) is 3.46. The van der Waals surface area contributed by atoms with E-state index in [1.54, 1.807) is 12.4 Å². The van der Waals surface area contributed by atoms with Gasteiger partial charge in [0.25, 0.3) is 0 Å². The van der Waals surface area contributed by atoms with Crippen molar-refractivity contribution in [2.75, 3.05) is 18.6 Å². The van der Waals surface area contributed by atoms with Crippen LogP contribution in [0.3, 0.4) is 0 Å². The lowest BCUT2D eigenvalue weighted by Crippen LogP contribution is -2.03. The summed E-state index contributed by atoms with van der Waals surface area (Å²) in [4.78, 5) is 0. The molecule has 0 bridgehead atoms. The number of nitrogens with one attached hydrogen (secondary N) is 1. The molecule has 0 amide bonds. The van der Waals surface area contributed by atoms with E-state index in [4.69, 9.17) is 9.47 Å². The van der Waals surface area contributed by atoms with Gasteiger partial charge in [0.05, 0.1) is 19.0 Å². The molecule has 4 rings (SSSR count). The molecule has 1 atom stereocenters. The number of rotatable bonds is 6. The summed E-state index contributed by atoms with van der Waals surface area (Å²) in [6.45, 7) is 1.40. The molecule has 120 valence electrons. The highest BCUT2D eigenvalue weighted by Gasteiger charge is 2.22. The Morgan fingerprint density at radius 1 is 1.21 bits per heavy atom. The number of nitrogens with zero attached hydrogens (tertiary/aromatic N) is 3. The second kappa shape index (κ2) is 6.64. The van der Waals surface area contributed by atoms with Gasteiger partial charge in [-0.05, 0) is 29.8 Å². The highest BCUT2D eigenvalue weighted by Crippen LogP contribution is 2.19. The number of aromatic nitrogens is 2. The van der Waals surface area contributed by atoms with E-state index in [0.29, 0.717) is 12.4 Å². The molecule has 6 heteroatoms. The Hall–Kier alpha value is -2.99. The zero-order valence-electron chi connectivity index (χ0n) is 12.9. The van der Waals surface area contributed by atoms with E-state index in [1.807, 2.05) is 48.5 Å². The number of anilines is 1. The van der Waals surface area contributed by atoms with Gasteiger partial charge in [-0.3, -0.25) is 5.43 Å². The summed E-state index contributed by atoms with van der Waals surface area (Å²) in [6, 6.07) is 15.6. The molecule has 1 aliphatic heterocycles. The zero-order chi connectivity index (χ0) is 16.2. The Morgan fingerprint density at radius 3 is 2.88 bits per heavy atom. The number of hydrazone groups is 1. The first-order chi connectivity index (χ1) is 11.9. The molecule has 1 saturated heterocycles. The third-order valence-electron chi connectivity index (χ3n) is 3.67. The third kappa shape index (κ3) is 3.49. The van der Waals surface area contributed by atoms with Gasteiger partial charge in [0.2, 0.25) is 0 Å². The summed E-state index contributed by atoms with van der Waals surface area (Å²) in [7, 11) is 0. The van der Waals surface area contributed by atoms with Crippen LogP contribution in [0.15, 0.2) is 59.8 Å². The number of hydrogen-bond acceptors (Lipinski definition) is 6. The number of benzene rings is 2. The van der Waals surface area contributed by atoms with Gasteiger partial charge < -0.3 is 9.47 Å². The number of ether oxygens (including phenoxy) is 2. The van der Waals surface area contributed by atoms with Gasteiger partial charge in [0.15, 0.2) is 5.82 Å². The Morgan fingerprint density at radius 2 is 2.04 bits per heavy atom. The largest absolute Gasteiger partial charge is 0.491 e. The van der Waals surface area contributed by atoms with Crippen molar-refractivity contribution in [1.29, 1.82) is 0 Å². The first-order valence-corrected chi connectivity index (χ1v) is 7.72. The highest BCUT2D eigenvalue weighted by molar-refractivity contribution is 5.91. The molecule has 24 heavy (non-hydrogen) atoms. The van der Waals surface area contributed by atoms with Crippen LogP contribution in [-0.4, -0.2) is 35.7 Å². The summed E-state index contributed by atoms with van der Waals surface area (Å²) in [5.74, 6) is 1.46. The van der Waals surface area contributed by atoms with E-state index in [2.05, 4.69) is 20.7 Å². The van der Waals surface area contributed by atoms with Crippen LogP contribution in [0.25, 0.3) is 10.8 Å². The average molecular weight is 320 g/mol. The van der Waals surface area contributed by atoms with Crippen molar-refractivity contribution in [3.63, 3.8) is 0 Å². The van der Waals surface area contributed by atoms with Crippen molar-refractivity contribution >= 4 is 22.8 Å². The lowest BCUT2D eigenvalue weighted by Gasteiger charge is -2.04. The Labute approximate surface area is 139 Å². The Kier molecular flexibility index (Phi) is 4.04. The molecule has 1 aromatic heterocycles. The molecular weight excluding hydrogens is 304 g/mol. The van der Waals surface area contributed by atoms with Gasteiger partial charge >= 0.3 is 0 Å². The van der Waals surface area contributed by atoms with Crippen molar-refractivity contribution in [2.45, 2.75) is 6.10 Å². The predicted molar refractivity (Wildman–Crippen MR) is 92.4 cm³/mol. The van der Waals surface area contributed by atoms with Crippen LogP contribution in [0, 0.1) is 0 Å². The van der Waals surface area contributed by atoms with E-state index >= 15 is 0 Å². The van der Waals surface area contributed by atoms with Crippen LogP contribution < -0.4 is 10.2 Å². The molecule has 3 aromatic rings. The molecular formula is C18H16N4O2. The molecule has 0 saturated carbocycles. The first kappa shape index (κ1) is 14.6. The summed E-state index contributed by atoms with van der Waals surface area (Å²) in [6.07, 6.45) is 3.73. The number of hydrogen-bond donors (Lipinski definition) is 1. The van der Waals surface area contributed by atoms with Crippen LogP contribution in [0.1, 0.15) is 5.56 Å². The molecule has 2 heterocycles. The molecule has 1 fully saturated rings. The second-order valence-electron chi connectivity index (χ2n) is 5.49. The van der Waals surface area contributed by atoms with Gasteiger partial charge in [0.1, 0.15) is 18.5 Å². The van der Waals surface area contributed by atoms with Crippen molar-refractivity contribution in [3.8, 4) is 5.75 Å². The summed E-state index contributed by atoms with van der Waals surface area (Å²) in [5, 5.41) is 14.3. The van der Waals surface area contributed by atoms with Crippen LogP contribution in [0.5, 0.6) is 5.75 Å². The quantitative estimate of drug-likeness (QED) is 0.429. The van der Waals surface area contributed by atoms with E-state index in [0.717, 1.165) is 28.7 Å². The van der Waals surface area contributed by atoms with Crippen LogP contribution in [-0.2, 0) is 4.74 Å². The minimum atomic E-state index is 0.261. The molecule has 6 nitrogen and oxygen atoms in total. The Bertz CT molecular complexity index is 855. The van der Waals surface area contributed by atoms with E-state index in [1.165, 1.54) is 0 Å². The minimum Gasteiger partial charge on any atom is -0.491 e. The molecule has 2 aromatic carbocycles. The molecule has 0 aliphatic carbocycles. The maximum Gasteiger partial charge on any atom is 0.176 e. The highest BCUT2D eigenvalue weighted by atomic mass is 16.6. The maximum atomic E-state index is 5.60. The van der Waals surface area contributed by atoms with Crippen molar-refractivity contribution in [3.05, 3.63) is 60.3 Å². The molecule has 1 aliphatic rings. The monoisotopic (exact) mass is 320 g/mol. The van der Waals surface area contributed by atoms with Crippen LogP contribution >= 0.6 is 0 Å². The Balaban J connectivity index is 1.40. The van der Waals surface area contributed by atoms with Crippen molar-refractivity contribution < 1.29 is 9.47 Å². The molecule has 1 unspecified atom stereocenters. The SMILES string of the molecule is C(=N\Nc1nncc2ccccc12)/c1ccc(OCC2CO2)cc1. The topological polar surface area (TPSA) is 71.9 Å². The third-order valence-corrected chi connectivity index (χ3v) is 3.67. The molecule has 0 radical (unpaired) electrons. The fourth-order valence-corrected chi connectivity index (χ4v) is 2.28. The van der Waals surface area contributed by atoms with Gasteiger partial charge in [-0.25, -0.2) is 0 Å². The van der Waals surface area contributed by atoms with E-state index in [9.17, 15) is 0 Å². The normalized spacial score (nSPS) is 16.4. The van der Waals surface area contributed by atoms with Crippen LogP contribution in [0.4, 0.5) is 5.82 Å². The second-order valence-corrected chi connectivity index (χ2v) is 5.49. The predicted octanol–water partition coefficient (Wildman–Crippen LogP) is 2.85. The summed E-state index contributed by atoms with van der Waals surface area (Å²) in [5.41, 5.74) is 3.91. The van der Waals surface area contributed by atoms with Gasteiger partial charge in [-0.2, -0.15) is 10.2 Å². The van der Waals surface area contributed by atoms with Gasteiger partial charge in [-0.15, -0.1) is 5.10 Å². The lowest BCUT2D eigenvalue weighted by atomic mass is 10.2. The van der Waals surface area contributed by atoms with Crippen molar-refractivity contribution in [1.82, 2.24) is 10.2 Å². The molecule has 0 spiro atoms. The zero-order valence-corrected chi connectivity index (χ0v) is 12.9. The molecule has 1 N–H and O–H groups in total. The first-order valence-electron chi connectivity index (χ1n) is 7.72. The van der Waals surface area contributed by atoms with Gasteiger partial charge in [-0.1, -0.05) is 24.3 Å². The fraction of sp³-hybridized carbons (Fsp3) is 0.167. The lowest BCUT2D eigenvalue weighted by molar-refractivity contribution is 0.263. The summed E-state index contributed by atoms with van der Waals surface area (Å²) >= 11 is 0. The fourth-order valence-electron chi connectivity index (χ4n) is 2.28. The number of epoxide rings is 1.